The van der Waals surface area contributed by atoms with Gasteiger partial charge in [-0.2, -0.15) is 0 Å². The number of rotatable bonds is 7. The summed E-state index contributed by atoms with van der Waals surface area (Å²) in [4.78, 5) is 28.7. The fourth-order valence-corrected chi connectivity index (χ4v) is 3.33. The van der Waals surface area contributed by atoms with Crippen LogP contribution < -0.4 is 15.0 Å². The lowest BCUT2D eigenvalue weighted by Gasteiger charge is -2.23. The van der Waals surface area contributed by atoms with Crippen LogP contribution in [0.1, 0.15) is 18.2 Å². The van der Waals surface area contributed by atoms with E-state index < -0.39 is 0 Å². The first-order valence-electron chi connectivity index (χ1n) is 8.92. The van der Waals surface area contributed by atoms with Gasteiger partial charge in [0.05, 0.1) is 31.0 Å². The molecular formula is C20H25N3O4. The number of anilines is 1. The third kappa shape index (κ3) is 4.14. The van der Waals surface area contributed by atoms with Crippen molar-refractivity contribution in [3.8, 4) is 5.75 Å². The topological polar surface area (TPSA) is 75.0 Å². The number of hydrogen-bond donors (Lipinski definition) is 1. The Morgan fingerprint density at radius 1 is 1.33 bits per heavy atom. The number of benzene rings is 1. The van der Waals surface area contributed by atoms with Crippen molar-refractivity contribution in [2.24, 2.45) is 5.92 Å². The van der Waals surface area contributed by atoms with E-state index in [-0.39, 0.29) is 30.2 Å². The average Bonchev–Trinajstić information content (AvgIpc) is 3.31. The Morgan fingerprint density at radius 2 is 2.11 bits per heavy atom. The summed E-state index contributed by atoms with van der Waals surface area (Å²) < 4.78 is 10.8. The Kier molecular flexibility index (Phi) is 5.81. The molecule has 7 nitrogen and oxygen atoms in total. The molecule has 1 fully saturated rings. The van der Waals surface area contributed by atoms with E-state index in [0.29, 0.717) is 24.5 Å². The molecule has 1 aromatic carbocycles. The molecule has 1 aliphatic rings. The quantitative estimate of drug-likeness (QED) is 0.806. The molecule has 2 amide bonds. The molecule has 1 aliphatic heterocycles. The summed E-state index contributed by atoms with van der Waals surface area (Å²) in [5.74, 6) is 0.826. The second-order valence-electron chi connectivity index (χ2n) is 6.82. The number of likely N-dealkylation sites (N-methyl/N-ethyl adjacent to an activating group) is 1. The molecule has 2 unspecified atom stereocenters. The zero-order chi connectivity index (χ0) is 19.4. The van der Waals surface area contributed by atoms with Gasteiger partial charge in [0.1, 0.15) is 11.5 Å². The molecule has 27 heavy (non-hydrogen) atoms. The largest absolute Gasteiger partial charge is 0.495 e. The van der Waals surface area contributed by atoms with Gasteiger partial charge in [-0.3, -0.25) is 14.5 Å². The van der Waals surface area contributed by atoms with Crippen LogP contribution >= 0.6 is 0 Å². The number of carbonyl (C=O) groups is 2. The molecule has 0 spiro atoms. The number of nitrogens with one attached hydrogen (secondary N) is 1. The molecule has 3 rings (SSSR count). The van der Waals surface area contributed by atoms with Crippen LogP contribution in [0, 0.1) is 5.92 Å². The first-order chi connectivity index (χ1) is 13.0. The van der Waals surface area contributed by atoms with Crippen molar-refractivity contribution in [3.05, 3.63) is 48.4 Å². The van der Waals surface area contributed by atoms with E-state index in [1.807, 2.05) is 49.3 Å². The van der Waals surface area contributed by atoms with Crippen LogP contribution in [0.5, 0.6) is 5.75 Å². The summed E-state index contributed by atoms with van der Waals surface area (Å²) >= 11 is 0. The van der Waals surface area contributed by atoms with Gasteiger partial charge in [0.2, 0.25) is 11.8 Å². The third-order valence-corrected chi connectivity index (χ3v) is 4.84. The van der Waals surface area contributed by atoms with Crippen LogP contribution in [0.25, 0.3) is 0 Å². The van der Waals surface area contributed by atoms with E-state index >= 15 is 0 Å². The highest BCUT2D eigenvalue weighted by Crippen LogP contribution is 2.32. The van der Waals surface area contributed by atoms with Crippen LogP contribution in [-0.2, 0) is 9.59 Å². The predicted molar refractivity (Wildman–Crippen MR) is 102 cm³/mol. The maximum absolute atomic E-state index is 12.6. The van der Waals surface area contributed by atoms with Gasteiger partial charge >= 0.3 is 0 Å². The standard InChI is InChI=1S/C20H25N3O4/c1-22(2)16(18-9-6-10-27-18)12-21-20(25)14-11-19(24)23(13-14)15-7-4-5-8-17(15)26-3/h4-10,14,16H,11-13H2,1-3H3,(H,21,25). The zero-order valence-corrected chi connectivity index (χ0v) is 15.8. The van der Waals surface area contributed by atoms with E-state index in [2.05, 4.69) is 5.32 Å². The smallest absolute Gasteiger partial charge is 0.227 e. The number of hydrogen-bond acceptors (Lipinski definition) is 5. The molecule has 2 heterocycles. The fraction of sp³-hybridized carbons (Fsp3) is 0.400. The summed E-state index contributed by atoms with van der Waals surface area (Å²) in [7, 11) is 5.43. The summed E-state index contributed by atoms with van der Waals surface area (Å²) in [6.45, 7) is 0.761. The molecular weight excluding hydrogens is 346 g/mol. The van der Waals surface area contributed by atoms with Gasteiger partial charge in [-0.15, -0.1) is 0 Å². The van der Waals surface area contributed by atoms with Crippen molar-refractivity contribution in [2.75, 3.05) is 39.2 Å². The fourth-order valence-electron chi connectivity index (χ4n) is 3.33. The van der Waals surface area contributed by atoms with E-state index in [1.54, 1.807) is 24.3 Å². The Bertz CT molecular complexity index is 788. The average molecular weight is 371 g/mol. The van der Waals surface area contributed by atoms with Crippen molar-refractivity contribution in [1.29, 1.82) is 0 Å². The van der Waals surface area contributed by atoms with E-state index in [9.17, 15) is 9.59 Å². The third-order valence-electron chi connectivity index (χ3n) is 4.84. The number of furan rings is 1. The highest BCUT2D eigenvalue weighted by atomic mass is 16.5. The Balaban J connectivity index is 1.64. The SMILES string of the molecule is COc1ccccc1N1CC(C(=O)NCC(c2ccco2)N(C)C)CC1=O. The van der Waals surface area contributed by atoms with Gasteiger partial charge in [0.15, 0.2) is 0 Å². The number of nitrogens with zero attached hydrogens (tertiary/aromatic N) is 2. The van der Waals surface area contributed by atoms with Gasteiger partial charge in [0.25, 0.3) is 0 Å². The second kappa shape index (κ2) is 8.26. The first kappa shape index (κ1) is 19.0. The van der Waals surface area contributed by atoms with E-state index in [1.165, 1.54) is 0 Å². The minimum absolute atomic E-state index is 0.0635. The molecule has 0 saturated carbocycles. The van der Waals surface area contributed by atoms with E-state index in [0.717, 1.165) is 5.76 Å². The monoisotopic (exact) mass is 371 g/mol. The van der Waals surface area contributed by atoms with Gasteiger partial charge in [0, 0.05) is 19.5 Å². The van der Waals surface area contributed by atoms with Crippen molar-refractivity contribution in [1.82, 2.24) is 10.2 Å². The van der Waals surface area contributed by atoms with Crippen molar-refractivity contribution in [2.45, 2.75) is 12.5 Å². The number of carbonyl (C=O) groups excluding carboxylic acids is 2. The molecule has 1 N–H and O–H groups in total. The number of ether oxygens (including phenoxy) is 1. The normalized spacial score (nSPS) is 18.0. The maximum Gasteiger partial charge on any atom is 0.227 e. The van der Waals surface area contributed by atoms with Crippen LogP contribution in [0.4, 0.5) is 5.69 Å². The molecule has 1 aromatic heterocycles. The van der Waals surface area contributed by atoms with Crippen LogP contribution in [-0.4, -0.2) is 51.0 Å². The van der Waals surface area contributed by atoms with Crippen molar-refractivity contribution < 1.29 is 18.7 Å². The minimum atomic E-state index is -0.387. The highest BCUT2D eigenvalue weighted by molar-refractivity contribution is 6.01. The van der Waals surface area contributed by atoms with Gasteiger partial charge < -0.3 is 19.4 Å². The molecule has 2 atom stereocenters. The summed E-state index contributed by atoms with van der Waals surface area (Å²) in [6, 6.07) is 11.0. The Labute approximate surface area is 158 Å². The second-order valence-corrected chi connectivity index (χ2v) is 6.82. The van der Waals surface area contributed by atoms with Crippen LogP contribution in [0.15, 0.2) is 47.1 Å². The Hall–Kier alpha value is -2.80. The molecule has 1 saturated heterocycles. The summed E-state index contributed by atoms with van der Waals surface area (Å²) in [5.41, 5.74) is 0.696. The van der Waals surface area contributed by atoms with Gasteiger partial charge in [-0.05, 0) is 38.4 Å². The Morgan fingerprint density at radius 3 is 2.78 bits per heavy atom. The number of amides is 2. The molecule has 7 heteroatoms. The van der Waals surface area contributed by atoms with Crippen molar-refractivity contribution >= 4 is 17.5 Å². The minimum Gasteiger partial charge on any atom is -0.495 e. The highest BCUT2D eigenvalue weighted by Gasteiger charge is 2.36. The van der Waals surface area contributed by atoms with Gasteiger partial charge in [-0.25, -0.2) is 0 Å². The van der Waals surface area contributed by atoms with E-state index in [4.69, 9.17) is 9.15 Å². The predicted octanol–water partition coefficient (Wildman–Crippen LogP) is 2.06. The lowest BCUT2D eigenvalue weighted by molar-refractivity contribution is -0.126. The molecule has 0 aliphatic carbocycles. The summed E-state index contributed by atoms with van der Waals surface area (Å²) in [5, 5.41) is 2.96. The molecule has 0 radical (unpaired) electrons. The molecule has 144 valence electrons. The lowest BCUT2D eigenvalue weighted by atomic mass is 10.1. The maximum atomic E-state index is 12.6. The zero-order valence-electron chi connectivity index (χ0n) is 15.8. The van der Waals surface area contributed by atoms with Crippen molar-refractivity contribution in [3.63, 3.8) is 0 Å². The number of methoxy groups -OCH3 is 1. The molecule has 0 bridgehead atoms. The lowest BCUT2D eigenvalue weighted by Crippen LogP contribution is -2.38. The van der Waals surface area contributed by atoms with Crippen LogP contribution in [0.2, 0.25) is 0 Å². The number of para-hydroxylation sites is 2. The summed E-state index contributed by atoms with van der Waals surface area (Å²) in [6.07, 6.45) is 1.81. The first-order valence-corrected chi connectivity index (χ1v) is 8.92. The molecule has 2 aromatic rings. The van der Waals surface area contributed by atoms with Gasteiger partial charge in [-0.1, -0.05) is 12.1 Å². The van der Waals surface area contributed by atoms with Crippen LogP contribution in [0.3, 0.4) is 0 Å².